The van der Waals surface area contributed by atoms with Gasteiger partial charge in [0.2, 0.25) is 0 Å². The van der Waals surface area contributed by atoms with Crippen molar-refractivity contribution in [1.82, 2.24) is 15.6 Å². The number of amides is 2. The van der Waals surface area contributed by atoms with Crippen molar-refractivity contribution in [2.75, 3.05) is 0 Å². The molecule has 0 aliphatic heterocycles. The SMILES string of the molecule is O=C(O)CCC(Cc1ccccc1)NC(=O)NCc1csc(-c2ccco2)n1. The molecule has 0 aliphatic carbocycles. The van der Waals surface area contributed by atoms with Gasteiger partial charge in [-0.2, -0.15) is 0 Å². The Morgan fingerprint density at radius 2 is 2.00 bits per heavy atom. The molecule has 1 unspecified atom stereocenters. The van der Waals surface area contributed by atoms with Gasteiger partial charge >= 0.3 is 12.0 Å². The van der Waals surface area contributed by atoms with Gasteiger partial charge in [-0.05, 0) is 30.5 Å². The number of carboxylic acid groups (broad SMARTS) is 1. The lowest BCUT2D eigenvalue weighted by Gasteiger charge is -2.18. The predicted molar refractivity (Wildman–Crippen MR) is 106 cm³/mol. The summed E-state index contributed by atoms with van der Waals surface area (Å²) in [7, 11) is 0. The van der Waals surface area contributed by atoms with Crippen LogP contribution in [0.3, 0.4) is 0 Å². The first-order chi connectivity index (χ1) is 13.6. The van der Waals surface area contributed by atoms with Gasteiger partial charge in [-0.25, -0.2) is 9.78 Å². The van der Waals surface area contributed by atoms with Crippen molar-refractivity contribution in [3.63, 3.8) is 0 Å². The van der Waals surface area contributed by atoms with Crippen LogP contribution in [-0.2, 0) is 17.8 Å². The summed E-state index contributed by atoms with van der Waals surface area (Å²) in [5.41, 5.74) is 1.78. The number of hydrogen-bond donors (Lipinski definition) is 3. The summed E-state index contributed by atoms with van der Waals surface area (Å²) < 4.78 is 5.31. The quantitative estimate of drug-likeness (QED) is 0.509. The number of thiazole rings is 1. The summed E-state index contributed by atoms with van der Waals surface area (Å²) in [6.07, 6.45) is 2.51. The number of aromatic nitrogens is 1. The molecule has 0 aliphatic rings. The van der Waals surface area contributed by atoms with Crippen LogP contribution >= 0.6 is 11.3 Å². The van der Waals surface area contributed by atoms with Gasteiger partial charge in [0.05, 0.1) is 18.5 Å². The summed E-state index contributed by atoms with van der Waals surface area (Å²) in [4.78, 5) is 27.6. The maximum atomic E-state index is 12.3. The molecule has 1 atom stereocenters. The Morgan fingerprint density at radius 1 is 1.18 bits per heavy atom. The summed E-state index contributed by atoms with van der Waals surface area (Å²) in [6, 6.07) is 12.7. The van der Waals surface area contributed by atoms with Crippen LogP contribution in [0.5, 0.6) is 0 Å². The number of furan rings is 1. The van der Waals surface area contributed by atoms with Crippen molar-refractivity contribution in [3.8, 4) is 10.8 Å². The molecule has 8 heteroatoms. The number of aliphatic carboxylic acids is 1. The molecular weight excluding hydrogens is 378 g/mol. The molecule has 7 nitrogen and oxygen atoms in total. The molecule has 28 heavy (non-hydrogen) atoms. The first-order valence-corrected chi connectivity index (χ1v) is 9.76. The van der Waals surface area contributed by atoms with E-state index < -0.39 is 5.97 Å². The fraction of sp³-hybridized carbons (Fsp3) is 0.250. The molecule has 1 aromatic carbocycles. The Hall–Kier alpha value is -3.13. The van der Waals surface area contributed by atoms with E-state index in [0.717, 1.165) is 16.3 Å². The zero-order chi connectivity index (χ0) is 19.8. The fourth-order valence-corrected chi connectivity index (χ4v) is 3.52. The van der Waals surface area contributed by atoms with Gasteiger partial charge in [0.1, 0.15) is 0 Å². The zero-order valence-corrected chi connectivity index (χ0v) is 15.9. The molecule has 0 spiro atoms. The van der Waals surface area contributed by atoms with E-state index in [0.29, 0.717) is 18.6 Å². The van der Waals surface area contributed by atoms with Gasteiger partial charge in [-0.15, -0.1) is 11.3 Å². The molecule has 3 aromatic rings. The van der Waals surface area contributed by atoms with Gasteiger partial charge < -0.3 is 20.2 Å². The summed E-state index contributed by atoms with van der Waals surface area (Å²) in [6.45, 7) is 0.278. The Balaban J connectivity index is 1.53. The van der Waals surface area contributed by atoms with Crippen molar-refractivity contribution in [2.45, 2.75) is 31.8 Å². The average Bonchev–Trinajstić information content (AvgIpc) is 3.37. The molecule has 2 heterocycles. The Kier molecular flexibility index (Phi) is 6.80. The first-order valence-electron chi connectivity index (χ1n) is 8.88. The smallest absolute Gasteiger partial charge is 0.315 e. The lowest BCUT2D eigenvalue weighted by Crippen LogP contribution is -2.43. The largest absolute Gasteiger partial charge is 0.481 e. The zero-order valence-electron chi connectivity index (χ0n) is 15.1. The monoisotopic (exact) mass is 399 g/mol. The lowest BCUT2D eigenvalue weighted by atomic mass is 10.0. The molecule has 3 N–H and O–H groups in total. The van der Waals surface area contributed by atoms with E-state index in [1.54, 1.807) is 12.3 Å². The van der Waals surface area contributed by atoms with Crippen molar-refractivity contribution in [2.24, 2.45) is 0 Å². The highest BCUT2D eigenvalue weighted by Gasteiger charge is 2.15. The van der Waals surface area contributed by atoms with Crippen LogP contribution in [0.1, 0.15) is 24.1 Å². The van der Waals surface area contributed by atoms with Gasteiger partial charge in [0.25, 0.3) is 0 Å². The van der Waals surface area contributed by atoms with Crippen molar-refractivity contribution in [1.29, 1.82) is 0 Å². The van der Waals surface area contributed by atoms with Crippen molar-refractivity contribution in [3.05, 3.63) is 65.4 Å². The molecule has 2 aromatic heterocycles. The molecule has 0 radical (unpaired) electrons. The molecule has 0 bridgehead atoms. The molecule has 2 amide bonds. The average molecular weight is 399 g/mol. The second kappa shape index (κ2) is 9.70. The number of carbonyl (C=O) groups excluding carboxylic acids is 1. The van der Waals surface area contributed by atoms with E-state index in [2.05, 4.69) is 15.6 Å². The minimum absolute atomic E-state index is 0.00360. The van der Waals surface area contributed by atoms with Crippen molar-refractivity contribution < 1.29 is 19.1 Å². The number of urea groups is 1. The third kappa shape index (κ3) is 5.95. The minimum atomic E-state index is -0.881. The molecular formula is C20H21N3O4S. The standard InChI is InChI=1S/C20H21N3O4S/c24-18(25)9-8-15(11-14-5-2-1-3-6-14)23-20(26)21-12-16-13-28-19(22-16)17-7-4-10-27-17/h1-7,10,13,15H,8-9,11-12H2,(H,24,25)(H2,21,23,26). The third-order valence-electron chi connectivity index (χ3n) is 4.08. The number of carbonyl (C=O) groups is 2. The molecule has 3 rings (SSSR count). The van der Waals surface area contributed by atoms with E-state index >= 15 is 0 Å². The van der Waals surface area contributed by atoms with E-state index in [-0.39, 0.29) is 25.0 Å². The van der Waals surface area contributed by atoms with Crippen LogP contribution in [-0.4, -0.2) is 28.1 Å². The number of nitrogens with one attached hydrogen (secondary N) is 2. The van der Waals surface area contributed by atoms with E-state index in [1.807, 2.05) is 41.8 Å². The highest BCUT2D eigenvalue weighted by Crippen LogP contribution is 2.23. The highest BCUT2D eigenvalue weighted by molar-refractivity contribution is 7.13. The number of benzene rings is 1. The predicted octanol–water partition coefficient (Wildman–Crippen LogP) is 3.68. The van der Waals surface area contributed by atoms with Gasteiger partial charge in [0, 0.05) is 17.8 Å². The van der Waals surface area contributed by atoms with E-state index in [4.69, 9.17) is 9.52 Å². The normalized spacial score (nSPS) is 11.7. The lowest BCUT2D eigenvalue weighted by molar-refractivity contribution is -0.137. The summed E-state index contributed by atoms with van der Waals surface area (Å²) >= 11 is 1.44. The molecule has 0 fully saturated rings. The number of rotatable bonds is 9. The number of nitrogens with zero attached hydrogens (tertiary/aromatic N) is 1. The van der Waals surface area contributed by atoms with Crippen LogP contribution < -0.4 is 10.6 Å². The molecule has 0 saturated carbocycles. The van der Waals surface area contributed by atoms with E-state index in [9.17, 15) is 9.59 Å². The van der Waals surface area contributed by atoms with Crippen LogP contribution in [0.25, 0.3) is 10.8 Å². The maximum Gasteiger partial charge on any atom is 0.315 e. The van der Waals surface area contributed by atoms with Crippen molar-refractivity contribution >= 4 is 23.3 Å². The van der Waals surface area contributed by atoms with Crippen LogP contribution in [0.4, 0.5) is 4.79 Å². The fourth-order valence-electron chi connectivity index (χ4n) is 2.73. The number of hydrogen-bond acceptors (Lipinski definition) is 5. The van der Waals surface area contributed by atoms with Gasteiger partial charge in [0.15, 0.2) is 10.8 Å². The van der Waals surface area contributed by atoms with Crippen LogP contribution in [0.2, 0.25) is 0 Å². The highest BCUT2D eigenvalue weighted by atomic mass is 32.1. The Morgan fingerprint density at radius 3 is 2.71 bits per heavy atom. The molecule has 0 saturated heterocycles. The van der Waals surface area contributed by atoms with Crippen LogP contribution in [0.15, 0.2) is 58.5 Å². The number of carboxylic acids is 1. The third-order valence-corrected chi connectivity index (χ3v) is 4.99. The Labute approximate surface area is 166 Å². The second-order valence-electron chi connectivity index (χ2n) is 6.27. The minimum Gasteiger partial charge on any atom is -0.481 e. The van der Waals surface area contributed by atoms with E-state index in [1.165, 1.54) is 11.3 Å². The Bertz CT molecular complexity index is 893. The summed E-state index contributed by atoms with van der Waals surface area (Å²) in [5.74, 6) is -0.189. The summed E-state index contributed by atoms with van der Waals surface area (Å²) in [5, 5.41) is 17.2. The molecule has 146 valence electrons. The second-order valence-corrected chi connectivity index (χ2v) is 7.13. The maximum absolute atomic E-state index is 12.3. The van der Waals surface area contributed by atoms with Crippen LogP contribution in [0, 0.1) is 0 Å². The van der Waals surface area contributed by atoms with Gasteiger partial charge in [-0.3, -0.25) is 4.79 Å². The van der Waals surface area contributed by atoms with Gasteiger partial charge in [-0.1, -0.05) is 30.3 Å². The first kappa shape index (κ1) is 19.6. The topological polar surface area (TPSA) is 104 Å².